The topological polar surface area (TPSA) is 55.1 Å². The van der Waals surface area contributed by atoms with Crippen molar-refractivity contribution in [3.63, 3.8) is 0 Å². The minimum atomic E-state index is -2.91. The van der Waals surface area contributed by atoms with Crippen LogP contribution in [-0.4, -0.2) is 18.4 Å². The van der Waals surface area contributed by atoms with Gasteiger partial charge in [-0.15, -0.1) is 0 Å². The fourth-order valence-corrected chi connectivity index (χ4v) is 1.33. The van der Waals surface area contributed by atoms with E-state index < -0.39 is 18.9 Å². The van der Waals surface area contributed by atoms with Crippen LogP contribution < -0.4 is 11.1 Å². The number of nitrogens with one attached hydrogen (secondary N) is 1. The average Bonchev–Trinajstić information content (AvgIpc) is 2.16. The van der Waals surface area contributed by atoms with E-state index in [2.05, 4.69) is 5.32 Å². The van der Waals surface area contributed by atoms with Gasteiger partial charge in [0, 0.05) is 19.0 Å². The molecule has 0 fully saturated rings. The number of amides is 1. The van der Waals surface area contributed by atoms with E-state index in [0.29, 0.717) is 11.3 Å². The molecule has 1 aromatic carbocycles. The second kappa shape index (κ2) is 5.03. The van der Waals surface area contributed by atoms with Gasteiger partial charge in [0.25, 0.3) is 5.92 Å². The molecule has 16 heavy (non-hydrogen) atoms. The van der Waals surface area contributed by atoms with Crippen molar-refractivity contribution in [2.24, 2.45) is 5.73 Å². The van der Waals surface area contributed by atoms with Crippen LogP contribution in [0.2, 0.25) is 0 Å². The molecule has 0 spiro atoms. The Bertz CT molecular complexity index is 380. The smallest absolute Gasteiger partial charge is 0.264 e. The van der Waals surface area contributed by atoms with Crippen LogP contribution in [0.4, 0.5) is 14.5 Å². The third kappa shape index (κ3) is 3.94. The molecule has 5 heteroatoms. The maximum atomic E-state index is 13.0. The van der Waals surface area contributed by atoms with Crippen LogP contribution in [0.25, 0.3) is 0 Å². The molecule has 1 aromatic rings. The van der Waals surface area contributed by atoms with Gasteiger partial charge in [-0.1, -0.05) is 12.1 Å². The first-order valence-corrected chi connectivity index (χ1v) is 4.87. The Morgan fingerprint density at radius 1 is 1.50 bits per heavy atom. The van der Waals surface area contributed by atoms with Gasteiger partial charge in [0.2, 0.25) is 5.91 Å². The summed E-state index contributed by atoms with van der Waals surface area (Å²) < 4.78 is 26.0. The fourth-order valence-electron chi connectivity index (χ4n) is 1.33. The average molecular weight is 228 g/mol. The molecule has 3 N–H and O–H groups in total. The molecular weight excluding hydrogens is 214 g/mol. The number of hydrogen-bond donors (Lipinski definition) is 2. The number of nitrogens with two attached hydrogens (primary N) is 1. The Balaban J connectivity index is 2.78. The van der Waals surface area contributed by atoms with E-state index >= 15 is 0 Å². The number of halogens is 2. The number of anilines is 1. The predicted molar refractivity (Wildman–Crippen MR) is 58.5 cm³/mol. The van der Waals surface area contributed by atoms with Crippen LogP contribution >= 0.6 is 0 Å². The third-order valence-corrected chi connectivity index (χ3v) is 2.01. The van der Waals surface area contributed by atoms with Crippen LogP contribution in [-0.2, 0) is 11.2 Å². The summed E-state index contributed by atoms with van der Waals surface area (Å²) in [6.07, 6.45) is -0.420. The first-order chi connectivity index (χ1) is 7.43. The van der Waals surface area contributed by atoms with Crippen LogP contribution in [0.15, 0.2) is 24.3 Å². The highest BCUT2D eigenvalue weighted by molar-refractivity contribution is 5.88. The van der Waals surface area contributed by atoms with Gasteiger partial charge in [-0.25, -0.2) is 8.78 Å². The molecule has 0 aromatic heterocycles. The Hall–Kier alpha value is -1.49. The number of rotatable bonds is 4. The van der Waals surface area contributed by atoms with Crippen molar-refractivity contribution in [1.29, 1.82) is 0 Å². The van der Waals surface area contributed by atoms with Crippen molar-refractivity contribution in [3.8, 4) is 0 Å². The van der Waals surface area contributed by atoms with Crippen molar-refractivity contribution >= 4 is 11.6 Å². The molecule has 88 valence electrons. The lowest BCUT2D eigenvalue weighted by atomic mass is 10.1. The molecule has 0 radical (unpaired) electrons. The highest BCUT2D eigenvalue weighted by Gasteiger charge is 2.26. The summed E-state index contributed by atoms with van der Waals surface area (Å²) in [5.41, 5.74) is 5.91. The molecule has 0 atom stereocenters. The highest BCUT2D eigenvalue weighted by atomic mass is 19.3. The number of benzene rings is 1. The fraction of sp³-hybridized carbons (Fsp3) is 0.364. The first kappa shape index (κ1) is 12.6. The van der Waals surface area contributed by atoms with E-state index in [1.54, 1.807) is 18.2 Å². The third-order valence-electron chi connectivity index (χ3n) is 2.01. The summed E-state index contributed by atoms with van der Waals surface area (Å²) >= 11 is 0. The number of alkyl halides is 2. The van der Waals surface area contributed by atoms with Crippen molar-refractivity contribution in [2.75, 3.05) is 11.9 Å². The zero-order valence-corrected chi connectivity index (χ0v) is 8.97. The molecule has 0 heterocycles. The largest absolute Gasteiger partial charge is 0.326 e. The molecule has 0 saturated heterocycles. The predicted octanol–water partition coefficient (Wildman–Crippen LogP) is 1.78. The van der Waals surface area contributed by atoms with Gasteiger partial charge in [-0.05, 0) is 17.7 Å². The van der Waals surface area contributed by atoms with Crippen molar-refractivity contribution in [3.05, 3.63) is 29.8 Å². The van der Waals surface area contributed by atoms with E-state index in [1.807, 2.05) is 0 Å². The molecule has 0 bridgehead atoms. The molecular formula is C11H14F2N2O. The van der Waals surface area contributed by atoms with Crippen molar-refractivity contribution in [1.82, 2.24) is 0 Å². The van der Waals surface area contributed by atoms with Gasteiger partial charge in [0.05, 0.1) is 6.54 Å². The van der Waals surface area contributed by atoms with Gasteiger partial charge in [-0.3, -0.25) is 4.79 Å². The minimum absolute atomic E-state index is 0.234. The quantitative estimate of drug-likeness (QED) is 0.825. The van der Waals surface area contributed by atoms with Gasteiger partial charge in [0.1, 0.15) is 0 Å². The number of hydrogen-bond acceptors (Lipinski definition) is 2. The second-order valence-corrected chi connectivity index (χ2v) is 3.62. The van der Waals surface area contributed by atoms with Crippen molar-refractivity contribution < 1.29 is 13.6 Å². The van der Waals surface area contributed by atoms with E-state index in [0.717, 1.165) is 0 Å². The molecule has 0 aliphatic heterocycles. The highest BCUT2D eigenvalue weighted by Crippen LogP contribution is 2.20. The maximum absolute atomic E-state index is 13.0. The van der Waals surface area contributed by atoms with Crippen LogP contribution in [0, 0.1) is 0 Å². The normalized spacial score (nSPS) is 11.2. The van der Waals surface area contributed by atoms with E-state index in [4.69, 9.17) is 5.73 Å². The lowest BCUT2D eigenvalue weighted by Gasteiger charge is -2.14. The molecule has 1 amide bonds. The molecule has 3 nitrogen and oxygen atoms in total. The molecule has 0 aliphatic carbocycles. The number of carbonyl (C=O) groups excluding carboxylic acids is 1. The minimum Gasteiger partial charge on any atom is -0.326 e. The zero-order valence-electron chi connectivity index (χ0n) is 8.97. The Labute approximate surface area is 92.6 Å². The summed E-state index contributed by atoms with van der Waals surface area (Å²) in [6.45, 7) is 0.679. The second-order valence-electron chi connectivity index (χ2n) is 3.62. The van der Waals surface area contributed by atoms with Crippen LogP contribution in [0.3, 0.4) is 0 Å². The summed E-state index contributed by atoms with van der Waals surface area (Å²) in [5.74, 6) is -3.14. The molecule has 0 aliphatic rings. The lowest BCUT2D eigenvalue weighted by molar-refractivity contribution is -0.114. The Morgan fingerprint density at radius 2 is 2.19 bits per heavy atom. The molecule has 1 rings (SSSR count). The van der Waals surface area contributed by atoms with Gasteiger partial charge in [-0.2, -0.15) is 0 Å². The first-order valence-electron chi connectivity index (χ1n) is 4.87. The number of carbonyl (C=O) groups is 1. The Morgan fingerprint density at radius 3 is 2.75 bits per heavy atom. The summed E-state index contributed by atoms with van der Waals surface area (Å²) in [5, 5.41) is 2.53. The monoisotopic (exact) mass is 228 g/mol. The van der Waals surface area contributed by atoms with E-state index in [1.165, 1.54) is 13.0 Å². The van der Waals surface area contributed by atoms with Gasteiger partial charge < -0.3 is 11.1 Å². The maximum Gasteiger partial charge on any atom is 0.264 e. The van der Waals surface area contributed by atoms with Gasteiger partial charge >= 0.3 is 0 Å². The Kier molecular flexibility index (Phi) is 3.95. The van der Waals surface area contributed by atoms with Crippen LogP contribution in [0.5, 0.6) is 0 Å². The standard InChI is InChI=1S/C11H14F2N2O/c1-8(16)15-10-4-2-3-9(5-10)6-11(12,13)7-14/h2-5H,6-7,14H2,1H3,(H,15,16). The molecule has 0 saturated carbocycles. The SMILES string of the molecule is CC(=O)Nc1cccc(CC(F)(F)CN)c1. The summed E-state index contributed by atoms with van der Waals surface area (Å²) in [4.78, 5) is 10.8. The van der Waals surface area contributed by atoms with Crippen LogP contribution in [0.1, 0.15) is 12.5 Å². The summed E-state index contributed by atoms with van der Waals surface area (Å²) in [6, 6.07) is 6.36. The van der Waals surface area contributed by atoms with E-state index in [-0.39, 0.29) is 5.91 Å². The van der Waals surface area contributed by atoms with Gasteiger partial charge in [0.15, 0.2) is 0 Å². The lowest BCUT2D eigenvalue weighted by Crippen LogP contribution is -2.30. The zero-order chi connectivity index (χ0) is 12.2. The molecule has 0 unspecified atom stereocenters. The van der Waals surface area contributed by atoms with E-state index in [9.17, 15) is 13.6 Å². The summed E-state index contributed by atoms with van der Waals surface area (Å²) in [7, 11) is 0. The van der Waals surface area contributed by atoms with Crippen molar-refractivity contribution in [2.45, 2.75) is 19.3 Å².